The molecule has 0 radical (unpaired) electrons. The van der Waals surface area contributed by atoms with E-state index in [9.17, 15) is 24.9 Å². The number of aliphatic imine (C=N–C) groups is 1. The number of aromatic nitrogens is 1. The number of fused-ring (bicyclic) bond motifs is 1. The third-order valence-corrected chi connectivity index (χ3v) is 8.39. The van der Waals surface area contributed by atoms with Crippen molar-refractivity contribution in [2.45, 2.75) is 88.4 Å². The molecule has 1 aromatic carbocycles. The van der Waals surface area contributed by atoms with Gasteiger partial charge in [0.15, 0.2) is 12.1 Å². The highest BCUT2D eigenvalue weighted by atomic mass is 16.4. The van der Waals surface area contributed by atoms with Gasteiger partial charge >= 0.3 is 11.6 Å². The van der Waals surface area contributed by atoms with Crippen LogP contribution in [0, 0.1) is 22.7 Å². The minimum Gasteiger partial charge on any atom is -0.481 e. The molecule has 2 unspecified atom stereocenters. The van der Waals surface area contributed by atoms with Crippen molar-refractivity contribution in [3.05, 3.63) is 69.8 Å². The summed E-state index contributed by atoms with van der Waals surface area (Å²) in [6.07, 6.45) is 11.6. The van der Waals surface area contributed by atoms with Crippen molar-refractivity contribution in [2.24, 2.45) is 4.99 Å². The van der Waals surface area contributed by atoms with E-state index in [1.54, 1.807) is 18.2 Å². The normalized spacial score (nSPS) is 16.3. The molecule has 44 heavy (non-hydrogen) atoms. The molecule has 11 heteroatoms. The number of rotatable bonds is 13. The first-order chi connectivity index (χ1) is 21.4. The van der Waals surface area contributed by atoms with Crippen LogP contribution in [0.15, 0.2) is 56.8 Å². The summed E-state index contributed by atoms with van der Waals surface area (Å²) >= 11 is 0. The first-order valence-electron chi connectivity index (χ1n) is 15.0. The van der Waals surface area contributed by atoms with Gasteiger partial charge in [-0.25, -0.2) is 4.79 Å². The number of anilines is 1. The maximum atomic E-state index is 12.9. The van der Waals surface area contributed by atoms with Crippen LogP contribution >= 0.6 is 0 Å². The summed E-state index contributed by atoms with van der Waals surface area (Å²) in [6.45, 7) is 0. The van der Waals surface area contributed by atoms with Crippen LogP contribution in [0.4, 0.5) is 5.69 Å². The number of aryl methyl sites for hydroxylation is 1. The molecule has 11 nitrogen and oxygen atoms in total. The maximum Gasteiger partial charge on any atom is 0.345 e. The number of carbonyl (C=O) groups is 2. The van der Waals surface area contributed by atoms with E-state index >= 15 is 0 Å². The number of nitriles is 2. The number of carboxylic acids is 1. The molecule has 3 aromatic rings. The summed E-state index contributed by atoms with van der Waals surface area (Å²) in [5.74, 6) is -1.51. The number of amides is 1. The van der Waals surface area contributed by atoms with Crippen molar-refractivity contribution in [2.75, 3.05) is 4.90 Å². The first kappa shape index (κ1) is 30.4. The van der Waals surface area contributed by atoms with Gasteiger partial charge in [-0.2, -0.15) is 10.5 Å². The van der Waals surface area contributed by atoms with Gasteiger partial charge in [0.25, 0.3) is 5.91 Å². The summed E-state index contributed by atoms with van der Waals surface area (Å²) in [6, 6.07) is 13.1. The van der Waals surface area contributed by atoms with Crippen molar-refractivity contribution in [1.82, 2.24) is 10.3 Å². The van der Waals surface area contributed by atoms with Crippen molar-refractivity contribution in [1.29, 1.82) is 10.5 Å². The lowest BCUT2D eigenvalue weighted by Gasteiger charge is -2.47. The van der Waals surface area contributed by atoms with Crippen LogP contribution in [0.2, 0.25) is 0 Å². The van der Waals surface area contributed by atoms with Crippen molar-refractivity contribution in [3.63, 3.8) is 0 Å². The molecule has 2 heterocycles. The highest BCUT2D eigenvalue weighted by Crippen LogP contribution is 2.38. The molecule has 2 fully saturated rings. The number of carbonyl (C=O) groups excluding carboxylic acids is 1. The second kappa shape index (κ2) is 14.0. The van der Waals surface area contributed by atoms with Crippen LogP contribution < -0.4 is 15.8 Å². The number of hydrogen-bond acceptors (Lipinski definition) is 9. The van der Waals surface area contributed by atoms with Crippen LogP contribution in [0.1, 0.15) is 79.4 Å². The smallest absolute Gasteiger partial charge is 0.345 e. The molecule has 2 N–H and O–H groups in total. The lowest BCUT2D eigenvalue weighted by Crippen LogP contribution is -2.49. The van der Waals surface area contributed by atoms with Crippen molar-refractivity contribution < 1.29 is 19.1 Å². The Kier molecular flexibility index (Phi) is 9.65. The average Bonchev–Trinajstić information content (AvgIpc) is 2.96. The predicted molar refractivity (Wildman–Crippen MR) is 164 cm³/mol. The van der Waals surface area contributed by atoms with Gasteiger partial charge < -0.3 is 19.7 Å². The van der Waals surface area contributed by atoms with Gasteiger partial charge in [0.05, 0.1) is 17.7 Å². The van der Waals surface area contributed by atoms with Crippen molar-refractivity contribution >= 4 is 34.7 Å². The predicted octanol–water partition coefficient (Wildman–Crippen LogP) is 4.53. The zero-order valence-corrected chi connectivity index (χ0v) is 24.3. The van der Waals surface area contributed by atoms with Crippen LogP contribution in [-0.2, 0) is 11.2 Å². The highest BCUT2D eigenvalue weighted by Gasteiger charge is 2.34. The van der Waals surface area contributed by atoms with Gasteiger partial charge in [0, 0.05) is 48.1 Å². The number of pyridine rings is 1. The van der Waals surface area contributed by atoms with Crippen LogP contribution in [0.25, 0.3) is 11.0 Å². The molecule has 0 bridgehead atoms. The Labute approximate surface area is 254 Å². The molecular formula is C33H34N6O5. The number of nitrogens with one attached hydrogen (secondary N) is 1. The third-order valence-electron chi connectivity index (χ3n) is 8.39. The Hall–Kier alpha value is -5.03. The van der Waals surface area contributed by atoms with E-state index in [1.165, 1.54) is 50.9 Å². The topological polar surface area (TPSA) is 173 Å². The number of aliphatic carboxylic acids is 1. The number of nitrogens with zero attached hydrogens (tertiary/aromatic N) is 5. The second-order valence-electron chi connectivity index (χ2n) is 11.4. The fourth-order valence-corrected chi connectivity index (χ4v) is 5.53. The minimum atomic E-state index is -1.30. The molecule has 2 aromatic heterocycles. The maximum absolute atomic E-state index is 12.9. The fraction of sp³-hybridized carbons (Fsp3) is 0.424. The van der Waals surface area contributed by atoms with E-state index in [4.69, 9.17) is 9.52 Å². The summed E-state index contributed by atoms with van der Waals surface area (Å²) in [5, 5.41) is 31.4. The monoisotopic (exact) mass is 594 g/mol. The lowest BCUT2D eigenvalue weighted by atomic mass is 9.84. The Balaban J connectivity index is 1.26. The van der Waals surface area contributed by atoms with E-state index in [2.05, 4.69) is 26.3 Å². The zero-order chi connectivity index (χ0) is 31.1. The van der Waals surface area contributed by atoms with Crippen molar-refractivity contribution in [3.8, 4) is 12.1 Å². The SMILES string of the molecule is N#CC(N=Cc1cc2ccc(N(C3CCC3)C3CCC3)cc2oc1=O)C(C#N)NC(=O)c1cc(CCCCC(=O)O)ccn1. The quantitative estimate of drug-likeness (QED) is 0.164. The molecule has 1 amide bonds. The van der Waals surface area contributed by atoms with Gasteiger partial charge in [-0.15, -0.1) is 0 Å². The number of hydrogen-bond donors (Lipinski definition) is 2. The summed E-state index contributed by atoms with van der Waals surface area (Å²) in [7, 11) is 0. The number of carboxylic acid groups (broad SMARTS) is 1. The van der Waals surface area contributed by atoms with E-state index < -0.39 is 29.6 Å². The fourth-order valence-electron chi connectivity index (χ4n) is 5.53. The Bertz CT molecular complexity index is 1680. The first-order valence-corrected chi connectivity index (χ1v) is 15.0. The third kappa shape index (κ3) is 7.12. The number of benzene rings is 1. The van der Waals surface area contributed by atoms with Gasteiger partial charge in [-0.05, 0) is 93.7 Å². The summed E-state index contributed by atoms with van der Waals surface area (Å²) < 4.78 is 5.65. The Morgan fingerprint density at radius 2 is 1.84 bits per heavy atom. The van der Waals surface area contributed by atoms with Crippen LogP contribution in [0.3, 0.4) is 0 Å². The molecule has 2 aliphatic rings. The molecule has 0 saturated heterocycles. The minimum absolute atomic E-state index is 0.0596. The van der Waals surface area contributed by atoms with Gasteiger partial charge in [-0.1, -0.05) is 0 Å². The average molecular weight is 595 g/mol. The van der Waals surface area contributed by atoms with E-state index in [1.807, 2.05) is 24.3 Å². The van der Waals surface area contributed by atoms with Gasteiger partial charge in [-0.3, -0.25) is 19.6 Å². The molecule has 2 aliphatic carbocycles. The molecule has 5 rings (SSSR count). The second-order valence-corrected chi connectivity index (χ2v) is 11.4. The standard InChI is InChI=1S/C33H34N6O5/c34-18-28(29(19-35)38-32(42)27-15-21(13-14-36-27)5-1-2-10-31(40)41)37-20-23-16-22-11-12-26(17-30(22)44-33(23)43)39(24-6-3-7-24)25-8-4-9-25/h11-17,20,24-25,28-29H,1-10H2,(H,38,42)(H,40,41). The molecule has 0 aliphatic heterocycles. The van der Waals surface area contributed by atoms with Gasteiger partial charge in [0.2, 0.25) is 0 Å². The Morgan fingerprint density at radius 1 is 1.09 bits per heavy atom. The lowest BCUT2D eigenvalue weighted by molar-refractivity contribution is -0.137. The highest BCUT2D eigenvalue weighted by molar-refractivity contribution is 5.93. The Morgan fingerprint density at radius 3 is 2.48 bits per heavy atom. The van der Waals surface area contributed by atoms with E-state index in [-0.39, 0.29) is 17.7 Å². The van der Waals surface area contributed by atoms with E-state index in [0.29, 0.717) is 42.3 Å². The molecular weight excluding hydrogens is 560 g/mol. The summed E-state index contributed by atoms with van der Waals surface area (Å²) in [4.78, 5) is 47.1. The van der Waals surface area contributed by atoms with Crippen LogP contribution in [0.5, 0.6) is 0 Å². The molecule has 0 spiro atoms. The van der Waals surface area contributed by atoms with Gasteiger partial charge in [0.1, 0.15) is 11.3 Å². The number of unbranched alkanes of at least 4 members (excludes halogenated alkanes) is 1. The molecule has 2 atom stereocenters. The molecule has 2 saturated carbocycles. The van der Waals surface area contributed by atoms with E-state index in [0.717, 1.165) is 11.3 Å². The molecule has 226 valence electrons. The summed E-state index contributed by atoms with van der Waals surface area (Å²) in [5.41, 5.74) is 1.91. The largest absolute Gasteiger partial charge is 0.481 e. The van der Waals surface area contributed by atoms with Crippen LogP contribution in [-0.4, -0.2) is 52.3 Å². The zero-order valence-electron chi connectivity index (χ0n) is 24.3.